The van der Waals surface area contributed by atoms with Crippen molar-refractivity contribution in [3.63, 3.8) is 0 Å². The topological polar surface area (TPSA) is 56.7 Å². The Balaban J connectivity index is 0.992. The van der Waals surface area contributed by atoms with Crippen LogP contribution in [0.15, 0.2) is 186 Å². The van der Waals surface area contributed by atoms with Gasteiger partial charge in [0.15, 0.2) is 17.5 Å². The molecule has 278 valence electrons. The highest BCUT2D eigenvalue weighted by molar-refractivity contribution is 6.24. The van der Waals surface area contributed by atoms with E-state index in [0.29, 0.717) is 17.5 Å². The molecular weight excluding hydrogens is 721 g/mol. The summed E-state index contributed by atoms with van der Waals surface area (Å²) in [4.78, 5) is 14.9. The fraction of sp³-hybridized carbons (Fsp3) is 0.0556. The van der Waals surface area contributed by atoms with Crippen LogP contribution in [0, 0.1) is 0 Å². The number of hydrogen-bond donors (Lipinski definition) is 0. The van der Waals surface area contributed by atoms with E-state index in [1.807, 2.05) is 60.7 Å². The zero-order valence-corrected chi connectivity index (χ0v) is 32.5. The first kappa shape index (κ1) is 33.5. The lowest BCUT2D eigenvalue weighted by atomic mass is 9.82. The second-order valence-electron chi connectivity index (χ2n) is 16.0. The molecule has 0 saturated carbocycles. The van der Waals surface area contributed by atoms with Crippen molar-refractivity contribution in [2.24, 2.45) is 0 Å². The molecule has 5 nitrogen and oxygen atoms in total. The van der Waals surface area contributed by atoms with Crippen molar-refractivity contribution < 1.29 is 4.42 Å². The smallest absolute Gasteiger partial charge is 0.164 e. The number of benzene rings is 8. The van der Waals surface area contributed by atoms with Gasteiger partial charge in [-0.05, 0) is 81.9 Å². The molecule has 0 N–H and O–H groups in total. The minimum absolute atomic E-state index is 0.101. The van der Waals surface area contributed by atoms with E-state index in [9.17, 15) is 0 Å². The molecule has 5 heteroatoms. The molecule has 0 saturated heterocycles. The third-order valence-electron chi connectivity index (χ3n) is 12.2. The van der Waals surface area contributed by atoms with Crippen molar-refractivity contribution in [3.05, 3.63) is 193 Å². The molecule has 0 spiro atoms. The number of aromatic nitrogens is 4. The lowest BCUT2D eigenvalue weighted by molar-refractivity contribution is 0.649. The van der Waals surface area contributed by atoms with Gasteiger partial charge in [-0.1, -0.05) is 147 Å². The molecule has 0 atom stereocenters. The third kappa shape index (κ3) is 5.14. The number of fused-ring (bicyclic) bond motifs is 10. The van der Waals surface area contributed by atoms with Gasteiger partial charge in [-0.3, -0.25) is 0 Å². The van der Waals surface area contributed by atoms with Gasteiger partial charge in [-0.15, -0.1) is 0 Å². The largest absolute Gasteiger partial charge is 0.455 e. The number of hydrogen-bond acceptors (Lipinski definition) is 4. The van der Waals surface area contributed by atoms with Crippen molar-refractivity contribution in [1.29, 1.82) is 0 Å². The summed E-state index contributed by atoms with van der Waals surface area (Å²) in [5.41, 5.74) is 15.3. The Morgan fingerprint density at radius 1 is 0.424 bits per heavy atom. The van der Waals surface area contributed by atoms with Gasteiger partial charge >= 0.3 is 0 Å². The van der Waals surface area contributed by atoms with Crippen LogP contribution in [0.3, 0.4) is 0 Å². The summed E-state index contributed by atoms with van der Waals surface area (Å²) >= 11 is 0. The van der Waals surface area contributed by atoms with Crippen molar-refractivity contribution >= 4 is 43.7 Å². The normalized spacial score (nSPS) is 13.1. The quantitative estimate of drug-likeness (QED) is 0.175. The number of nitrogens with zero attached hydrogens (tertiary/aromatic N) is 4. The first-order valence-electron chi connectivity index (χ1n) is 20.1. The number of furan rings is 1. The lowest BCUT2D eigenvalue weighted by Crippen LogP contribution is -2.14. The average Bonchev–Trinajstić information content (AvgIpc) is 3.91. The molecule has 59 heavy (non-hydrogen) atoms. The van der Waals surface area contributed by atoms with Crippen LogP contribution >= 0.6 is 0 Å². The Labute approximate surface area is 340 Å². The Hall–Kier alpha value is -7.63. The van der Waals surface area contributed by atoms with Crippen LogP contribution in [0.4, 0.5) is 0 Å². The highest BCUT2D eigenvalue weighted by atomic mass is 16.3. The van der Waals surface area contributed by atoms with Gasteiger partial charge < -0.3 is 8.98 Å². The van der Waals surface area contributed by atoms with E-state index >= 15 is 0 Å². The SMILES string of the molecule is CC1(C)c2ccccc2-c2cc3c(cc21)oc1c3ccc2c1c1ccccc1n2-c1cccc(-c2cccc(-c3nc(-c4ccccc4)nc(-c4ccccc4)n3)c2)c1. The third-order valence-corrected chi connectivity index (χ3v) is 12.2. The zero-order chi connectivity index (χ0) is 39.2. The second-order valence-corrected chi connectivity index (χ2v) is 16.0. The molecule has 0 fully saturated rings. The number of rotatable bonds is 5. The molecule has 12 rings (SSSR count). The fourth-order valence-electron chi connectivity index (χ4n) is 9.36. The molecule has 3 heterocycles. The molecular formula is C54H36N4O. The molecule has 11 aromatic rings. The molecule has 0 unspecified atom stereocenters. The summed E-state index contributed by atoms with van der Waals surface area (Å²) < 4.78 is 9.30. The van der Waals surface area contributed by atoms with Crippen LogP contribution in [0.1, 0.15) is 25.0 Å². The fourth-order valence-corrected chi connectivity index (χ4v) is 9.36. The molecule has 0 bridgehead atoms. The Morgan fingerprint density at radius 2 is 1.03 bits per heavy atom. The minimum atomic E-state index is -0.101. The Bertz CT molecular complexity index is 3410. The van der Waals surface area contributed by atoms with Crippen LogP contribution in [-0.2, 0) is 5.41 Å². The van der Waals surface area contributed by atoms with Crippen molar-refractivity contribution in [2.45, 2.75) is 19.3 Å². The van der Waals surface area contributed by atoms with Crippen LogP contribution < -0.4 is 0 Å². The predicted molar refractivity (Wildman–Crippen MR) is 241 cm³/mol. The van der Waals surface area contributed by atoms with Gasteiger partial charge in [0, 0.05) is 44.0 Å². The van der Waals surface area contributed by atoms with Crippen molar-refractivity contribution in [3.8, 4) is 62.1 Å². The maximum Gasteiger partial charge on any atom is 0.164 e. The van der Waals surface area contributed by atoms with E-state index in [4.69, 9.17) is 19.4 Å². The lowest BCUT2D eigenvalue weighted by Gasteiger charge is -2.21. The van der Waals surface area contributed by atoms with Crippen molar-refractivity contribution in [1.82, 2.24) is 19.5 Å². The highest BCUT2D eigenvalue weighted by Crippen LogP contribution is 2.51. The molecule has 1 aliphatic rings. The first-order valence-corrected chi connectivity index (χ1v) is 20.1. The van der Waals surface area contributed by atoms with Crippen LogP contribution in [0.25, 0.3) is 106 Å². The second kappa shape index (κ2) is 12.7. The molecule has 3 aromatic heterocycles. The predicted octanol–water partition coefficient (Wildman–Crippen LogP) is 13.8. The summed E-state index contributed by atoms with van der Waals surface area (Å²) in [6.45, 7) is 4.64. The molecule has 0 amide bonds. The van der Waals surface area contributed by atoms with Gasteiger partial charge in [-0.2, -0.15) is 0 Å². The Kier molecular flexibility index (Phi) is 7.20. The average molecular weight is 757 g/mol. The summed E-state index contributed by atoms with van der Waals surface area (Å²) in [5, 5.41) is 4.57. The summed E-state index contributed by atoms with van der Waals surface area (Å²) in [6, 6.07) is 64.1. The van der Waals surface area contributed by atoms with E-state index < -0.39 is 0 Å². The van der Waals surface area contributed by atoms with Crippen LogP contribution in [0.5, 0.6) is 0 Å². The summed E-state index contributed by atoms with van der Waals surface area (Å²) in [5.74, 6) is 1.92. The summed E-state index contributed by atoms with van der Waals surface area (Å²) in [7, 11) is 0. The standard InChI is InChI=1S/C54H36N4O/c1-54(2)44-25-11-9-23-39(44)42-31-43-40-27-28-47-49(50(40)59-48(43)32-45(42)54)41-24-10-12-26-46(41)58(47)38-22-14-20-36(30-38)35-19-13-21-37(29-35)53-56-51(33-15-5-3-6-16-33)55-52(57-53)34-17-7-4-8-18-34/h3-32H,1-2H3. The van der Waals surface area contributed by atoms with E-state index in [1.165, 1.54) is 22.3 Å². The van der Waals surface area contributed by atoms with Crippen LogP contribution in [0.2, 0.25) is 0 Å². The van der Waals surface area contributed by atoms with Crippen molar-refractivity contribution in [2.75, 3.05) is 0 Å². The van der Waals surface area contributed by atoms with E-state index in [-0.39, 0.29) is 5.41 Å². The first-order chi connectivity index (χ1) is 29.0. The number of para-hydroxylation sites is 1. The van der Waals surface area contributed by atoms with Crippen LogP contribution in [-0.4, -0.2) is 19.5 Å². The molecule has 1 aliphatic carbocycles. The maximum absolute atomic E-state index is 6.93. The zero-order valence-electron chi connectivity index (χ0n) is 32.5. The monoisotopic (exact) mass is 756 g/mol. The summed E-state index contributed by atoms with van der Waals surface area (Å²) in [6.07, 6.45) is 0. The Morgan fingerprint density at radius 3 is 1.80 bits per heavy atom. The van der Waals surface area contributed by atoms with E-state index in [2.05, 4.69) is 140 Å². The highest BCUT2D eigenvalue weighted by Gasteiger charge is 2.36. The molecule has 8 aromatic carbocycles. The van der Waals surface area contributed by atoms with E-state index in [1.54, 1.807) is 0 Å². The molecule has 0 radical (unpaired) electrons. The minimum Gasteiger partial charge on any atom is -0.455 e. The van der Waals surface area contributed by atoms with Gasteiger partial charge in [0.05, 0.1) is 16.4 Å². The maximum atomic E-state index is 6.93. The van der Waals surface area contributed by atoms with E-state index in [0.717, 1.165) is 77.2 Å². The van der Waals surface area contributed by atoms with Gasteiger partial charge in [-0.25, -0.2) is 15.0 Å². The van der Waals surface area contributed by atoms with Gasteiger partial charge in [0.2, 0.25) is 0 Å². The molecule has 0 aliphatic heterocycles. The van der Waals surface area contributed by atoms with Gasteiger partial charge in [0.25, 0.3) is 0 Å². The van der Waals surface area contributed by atoms with Gasteiger partial charge in [0.1, 0.15) is 11.2 Å².